The molecule has 1 fully saturated rings. The Bertz CT molecular complexity index is 672. The molecule has 4 heteroatoms. The highest BCUT2D eigenvalue weighted by atomic mass is 16.5. The zero-order valence-electron chi connectivity index (χ0n) is 14.1. The van der Waals surface area contributed by atoms with E-state index in [0.29, 0.717) is 19.6 Å². The Morgan fingerprint density at radius 1 is 1.21 bits per heavy atom. The number of nitrogens with zero attached hydrogens (tertiary/aromatic N) is 1. The average molecular weight is 324 g/mol. The minimum absolute atomic E-state index is 0.0282. The topological polar surface area (TPSA) is 41.6 Å². The highest BCUT2D eigenvalue weighted by Crippen LogP contribution is 2.16. The van der Waals surface area contributed by atoms with Crippen molar-refractivity contribution in [3.63, 3.8) is 0 Å². The third-order valence-electron chi connectivity index (χ3n) is 4.23. The van der Waals surface area contributed by atoms with Crippen molar-refractivity contribution in [3.05, 3.63) is 65.7 Å². The lowest BCUT2D eigenvalue weighted by molar-refractivity contribution is -0.121. The van der Waals surface area contributed by atoms with Gasteiger partial charge in [0.25, 0.3) is 0 Å². The van der Waals surface area contributed by atoms with Crippen LogP contribution in [0.25, 0.3) is 0 Å². The molecule has 1 unspecified atom stereocenters. The standard InChI is InChI=1S/C20H24N2O2/c1-16-6-5-7-17(12-16)13-20(23)21-14-19-15-22(10-11-24-19)18-8-3-2-4-9-18/h2-9,12,19H,10-11,13-15H2,1H3,(H,21,23). The summed E-state index contributed by atoms with van der Waals surface area (Å²) in [5.74, 6) is 0.0426. The smallest absolute Gasteiger partial charge is 0.224 e. The van der Waals surface area contributed by atoms with Crippen LogP contribution in [0.5, 0.6) is 0 Å². The Balaban J connectivity index is 1.48. The molecule has 0 spiro atoms. The van der Waals surface area contributed by atoms with E-state index in [0.717, 1.165) is 18.7 Å². The summed E-state index contributed by atoms with van der Waals surface area (Å²) in [6.45, 7) is 4.96. The van der Waals surface area contributed by atoms with Crippen LogP contribution in [0, 0.1) is 6.92 Å². The van der Waals surface area contributed by atoms with Gasteiger partial charge in [0.15, 0.2) is 0 Å². The maximum absolute atomic E-state index is 12.1. The largest absolute Gasteiger partial charge is 0.373 e. The van der Waals surface area contributed by atoms with Gasteiger partial charge in [-0.05, 0) is 24.6 Å². The molecular weight excluding hydrogens is 300 g/mol. The molecule has 1 aliphatic heterocycles. The molecule has 0 aliphatic carbocycles. The van der Waals surface area contributed by atoms with Gasteiger partial charge in [-0.2, -0.15) is 0 Å². The quantitative estimate of drug-likeness (QED) is 0.919. The van der Waals surface area contributed by atoms with Crippen LogP contribution >= 0.6 is 0 Å². The van der Waals surface area contributed by atoms with Crippen molar-refractivity contribution >= 4 is 11.6 Å². The molecule has 0 aromatic heterocycles. The van der Waals surface area contributed by atoms with Gasteiger partial charge >= 0.3 is 0 Å². The van der Waals surface area contributed by atoms with E-state index in [4.69, 9.17) is 4.74 Å². The lowest BCUT2D eigenvalue weighted by Gasteiger charge is -2.34. The Morgan fingerprint density at radius 3 is 2.83 bits per heavy atom. The molecule has 1 aliphatic rings. The van der Waals surface area contributed by atoms with Crippen LogP contribution in [0.3, 0.4) is 0 Å². The number of benzene rings is 2. The molecule has 1 N–H and O–H groups in total. The fraction of sp³-hybridized carbons (Fsp3) is 0.350. The number of rotatable bonds is 5. The summed E-state index contributed by atoms with van der Waals surface area (Å²) in [6.07, 6.45) is 0.442. The summed E-state index contributed by atoms with van der Waals surface area (Å²) in [5.41, 5.74) is 3.43. The average Bonchev–Trinajstić information content (AvgIpc) is 2.61. The van der Waals surface area contributed by atoms with Gasteiger partial charge in [0, 0.05) is 25.3 Å². The fourth-order valence-electron chi connectivity index (χ4n) is 3.01. The number of carbonyl (C=O) groups is 1. The van der Waals surface area contributed by atoms with Gasteiger partial charge in [0.1, 0.15) is 0 Å². The number of nitrogens with one attached hydrogen (secondary N) is 1. The number of amides is 1. The molecule has 2 aromatic carbocycles. The van der Waals surface area contributed by atoms with Crippen LogP contribution in [0.4, 0.5) is 5.69 Å². The number of morpholine rings is 1. The molecule has 3 rings (SSSR count). The molecule has 0 bridgehead atoms. The second-order valence-corrected chi connectivity index (χ2v) is 6.24. The molecular formula is C20H24N2O2. The third-order valence-corrected chi connectivity index (χ3v) is 4.23. The monoisotopic (exact) mass is 324 g/mol. The van der Waals surface area contributed by atoms with Crippen LogP contribution < -0.4 is 10.2 Å². The first kappa shape index (κ1) is 16.5. The van der Waals surface area contributed by atoms with Crippen molar-refractivity contribution in [2.45, 2.75) is 19.4 Å². The minimum atomic E-state index is 0.0282. The molecule has 0 saturated carbocycles. The normalized spacial score (nSPS) is 17.5. The Hall–Kier alpha value is -2.33. The number of para-hydroxylation sites is 1. The molecule has 1 saturated heterocycles. The molecule has 2 aromatic rings. The lowest BCUT2D eigenvalue weighted by Crippen LogP contribution is -2.47. The van der Waals surface area contributed by atoms with E-state index < -0.39 is 0 Å². The predicted octanol–water partition coefficient (Wildman–Crippen LogP) is 2.56. The molecule has 4 nitrogen and oxygen atoms in total. The van der Waals surface area contributed by atoms with Crippen molar-refractivity contribution in [1.82, 2.24) is 5.32 Å². The highest BCUT2D eigenvalue weighted by Gasteiger charge is 2.21. The number of hydrogen-bond donors (Lipinski definition) is 1. The highest BCUT2D eigenvalue weighted by molar-refractivity contribution is 5.78. The first-order chi connectivity index (χ1) is 11.7. The first-order valence-electron chi connectivity index (χ1n) is 8.44. The van der Waals surface area contributed by atoms with Crippen LogP contribution in [0.15, 0.2) is 54.6 Å². The molecule has 1 amide bonds. The number of anilines is 1. The summed E-state index contributed by atoms with van der Waals surface area (Å²) >= 11 is 0. The molecule has 1 heterocycles. The summed E-state index contributed by atoms with van der Waals surface area (Å²) in [7, 11) is 0. The van der Waals surface area contributed by atoms with Crippen molar-refractivity contribution in [1.29, 1.82) is 0 Å². The SMILES string of the molecule is Cc1cccc(CC(=O)NCC2CN(c3ccccc3)CCO2)c1. The van der Waals surface area contributed by atoms with E-state index in [9.17, 15) is 4.79 Å². The van der Waals surface area contributed by atoms with Crippen molar-refractivity contribution in [2.24, 2.45) is 0 Å². The number of aryl methyl sites for hydroxylation is 1. The van der Waals surface area contributed by atoms with Crippen molar-refractivity contribution in [2.75, 3.05) is 31.1 Å². The molecule has 0 radical (unpaired) electrons. The summed E-state index contributed by atoms with van der Waals surface area (Å²) in [5, 5.41) is 3.00. The molecule has 1 atom stereocenters. The maximum atomic E-state index is 12.1. The number of carbonyl (C=O) groups excluding carboxylic acids is 1. The van der Waals surface area contributed by atoms with Gasteiger partial charge < -0.3 is 15.0 Å². The summed E-state index contributed by atoms with van der Waals surface area (Å²) in [4.78, 5) is 14.4. The van der Waals surface area contributed by atoms with Gasteiger partial charge in [-0.15, -0.1) is 0 Å². The zero-order valence-corrected chi connectivity index (χ0v) is 14.1. The second-order valence-electron chi connectivity index (χ2n) is 6.24. The van der Waals surface area contributed by atoms with E-state index >= 15 is 0 Å². The van der Waals surface area contributed by atoms with Crippen molar-refractivity contribution < 1.29 is 9.53 Å². The van der Waals surface area contributed by atoms with Gasteiger partial charge in [-0.3, -0.25) is 4.79 Å². The van der Waals surface area contributed by atoms with E-state index in [1.54, 1.807) is 0 Å². The van der Waals surface area contributed by atoms with Crippen LogP contribution in [0.1, 0.15) is 11.1 Å². The van der Waals surface area contributed by atoms with E-state index in [1.807, 2.05) is 49.4 Å². The Kier molecular flexibility index (Phi) is 5.49. The van der Waals surface area contributed by atoms with E-state index in [1.165, 1.54) is 11.3 Å². The number of ether oxygens (including phenoxy) is 1. The number of hydrogen-bond acceptors (Lipinski definition) is 3. The Morgan fingerprint density at radius 2 is 2.04 bits per heavy atom. The van der Waals surface area contributed by atoms with Gasteiger partial charge in [0.2, 0.25) is 5.91 Å². The van der Waals surface area contributed by atoms with Gasteiger partial charge in [-0.1, -0.05) is 48.0 Å². The maximum Gasteiger partial charge on any atom is 0.224 e. The zero-order chi connectivity index (χ0) is 16.8. The Labute approximate surface area is 143 Å². The second kappa shape index (κ2) is 7.97. The predicted molar refractivity (Wildman–Crippen MR) is 96.3 cm³/mol. The van der Waals surface area contributed by atoms with Crippen LogP contribution in [-0.4, -0.2) is 38.3 Å². The van der Waals surface area contributed by atoms with Crippen LogP contribution in [0.2, 0.25) is 0 Å². The molecule has 24 heavy (non-hydrogen) atoms. The minimum Gasteiger partial charge on any atom is -0.373 e. The third kappa shape index (κ3) is 4.59. The van der Waals surface area contributed by atoms with E-state index in [2.05, 4.69) is 22.3 Å². The van der Waals surface area contributed by atoms with Gasteiger partial charge in [-0.25, -0.2) is 0 Å². The van der Waals surface area contributed by atoms with Gasteiger partial charge in [0.05, 0.1) is 19.1 Å². The molecule has 126 valence electrons. The summed E-state index contributed by atoms with van der Waals surface area (Å²) in [6, 6.07) is 18.4. The first-order valence-corrected chi connectivity index (χ1v) is 8.44. The van der Waals surface area contributed by atoms with E-state index in [-0.39, 0.29) is 12.0 Å². The van der Waals surface area contributed by atoms with Crippen LogP contribution in [-0.2, 0) is 16.0 Å². The lowest BCUT2D eigenvalue weighted by atomic mass is 10.1. The fourth-order valence-corrected chi connectivity index (χ4v) is 3.01. The van der Waals surface area contributed by atoms with Crippen molar-refractivity contribution in [3.8, 4) is 0 Å². The summed E-state index contributed by atoms with van der Waals surface area (Å²) < 4.78 is 5.79.